The van der Waals surface area contributed by atoms with Crippen molar-refractivity contribution in [2.45, 2.75) is 167 Å². The molecule has 1 saturated heterocycles. The van der Waals surface area contributed by atoms with Gasteiger partial charge in [0.2, 0.25) is 12.6 Å². The number of unbranched alkanes of at least 4 members (excludes halogenated alkanes) is 8. The predicted octanol–water partition coefficient (Wildman–Crippen LogP) is 5.20. The first-order chi connectivity index (χ1) is 30.3. The van der Waals surface area contributed by atoms with Crippen molar-refractivity contribution < 1.29 is 82.9 Å². The van der Waals surface area contributed by atoms with E-state index in [1.165, 1.54) is 31.2 Å². The maximum Gasteiger partial charge on any atom is 0.338 e. The van der Waals surface area contributed by atoms with Crippen LogP contribution in [0.3, 0.4) is 0 Å². The summed E-state index contributed by atoms with van der Waals surface area (Å²) in [6.07, 6.45) is -5.06. The highest BCUT2D eigenvalue weighted by Gasteiger charge is 2.46. The van der Waals surface area contributed by atoms with E-state index in [1.807, 2.05) is 0 Å². The summed E-state index contributed by atoms with van der Waals surface area (Å²) in [6.45, 7) is 10.1. The molecule has 0 spiro atoms. The van der Waals surface area contributed by atoms with Gasteiger partial charge in [-0.3, -0.25) is 0 Å². The lowest BCUT2D eigenvalue weighted by atomic mass is 9.99. The number of benzene rings is 2. The van der Waals surface area contributed by atoms with Gasteiger partial charge in [-0.25, -0.2) is 9.59 Å². The quantitative estimate of drug-likeness (QED) is 0.0314. The summed E-state index contributed by atoms with van der Waals surface area (Å²) in [7, 11) is 0. The molecule has 0 aromatic heterocycles. The van der Waals surface area contributed by atoms with E-state index in [2.05, 4.69) is 27.7 Å². The van der Waals surface area contributed by atoms with Crippen LogP contribution in [-0.4, -0.2) is 138 Å². The summed E-state index contributed by atoms with van der Waals surface area (Å²) in [5, 5.41) is 63.3. The highest BCUT2D eigenvalue weighted by Crippen LogP contribution is 2.28. The Labute approximate surface area is 371 Å². The molecule has 0 bridgehead atoms. The summed E-state index contributed by atoms with van der Waals surface area (Å²) in [4.78, 5) is 26.6. The van der Waals surface area contributed by atoms with Crippen LogP contribution in [0.25, 0.3) is 0 Å². The first-order valence-electron chi connectivity index (χ1n) is 22.5. The summed E-state index contributed by atoms with van der Waals surface area (Å²) in [5.41, 5.74) is 0.194. The van der Waals surface area contributed by atoms with Gasteiger partial charge >= 0.3 is 11.9 Å². The molecule has 2 aromatic carbocycles. The second kappa shape index (κ2) is 29.6. The number of aliphatic hydroxyl groups is 6. The molecule has 1 aliphatic rings. The van der Waals surface area contributed by atoms with Crippen molar-refractivity contribution in [3.63, 3.8) is 0 Å². The van der Waals surface area contributed by atoms with Crippen LogP contribution in [0.15, 0.2) is 36.4 Å². The van der Waals surface area contributed by atoms with E-state index < -0.39 is 80.6 Å². The third-order valence-electron chi connectivity index (χ3n) is 10.1. The van der Waals surface area contributed by atoms with Crippen LogP contribution in [0.5, 0.6) is 23.0 Å². The van der Waals surface area contributed by atoms with Crippen molar-refractivity contribution in [1.82, 2.24) is 0 Å². The van der Waals surface area contributed by atoms with Crippen LogP contribution in [0, 0.1) is 0 Å². The molecule has 0 aliphatic carbocycles. The molecule has 6 N–H and O–H groups in total. The number of aliphatic hydroxyl groups excluding tert-OH is 5. The molecule has 63 heavy (non-hydrogen) atoms. The van der Waals surface area contributed by atoms with E-state index in [4.69, 9.17) is 42.6 Å². The topological polar surface area (TPSA) is 239 Å². The number of rotatable bonds is 32. The van der Waals surface area contributed by atoms with Gasteiger partial charge in [0.1, 0.15) is 66.7 Å². The third kappa shape index (κ3) is 19.1. The lowest BCUT2D eigenvalue weighted by Gasteiger charge is -2.41. The number of hydrogen-bond acceptors (Lipinski definition) is 17. The van der Waals surface area contributed by atoms with Crippen LogP contribution in [0.2, 0.25) is 0 Å². The maximum absolute atomic E-state index is 13.3. The van der Waals surface area contributed by atoms with Crippen molar-refractivity contribution >= 4 is 11.9 Å². The molecular weight excluding hydrogens is 824 g/mol. The molecule has 17 heteroatoms. The average Bonchev–Trinajstić information content (AvgIpc) is 3.27. The zero-order chi connectivity index (χ0) is 46.1. The highest BCUT2D eigenvalue weighted by atomic mass is 16.8. The Balaban J connectivity index is 1.69. The smallest absolute Gasteiger partial charge is 0.338 e. The van der Waals surface area contributed by atoms with Crippen LogP contribution in [-0.2, 0) is 23.7 Å². The standard InChI is InChI=1S/C46H72O17/c1-6-10-14-18-55-33-22-31(23-34(26-33)56-19-15-11-7-2)43(53)59-28-37(30(5)47)61-46(42(51)52)63-45-41(50)40(49)39(48)38(62-45)29-60-44(54)32-24-35(57-20-16-12-8-3)27-36(25-32)58-21-17-13-9-4/h22-27,30,37-42,45-52H,6-21,28-29H2,1-5H3. The molecule has 1 aliphatic heterocycles. The Morgan fingerprint density at radius 2 is 1.00 bits per heavy atom. The van der Waals surface area contributed by atoms with Crippen LogP contribution < -0.4 is 18.9 Å². The van der Waals surface area contributed by atoms with Crippen molar-refractivity contribution in [2.75, 3.05) is 39.6 Å². The van der Waals surface area contributed by atoms with Crippen LogP contribution >= 0.6 is 0 Å². The van der Waals surface area contributed by atoms with E-state index >= 15 is 0 Å². The van der Waals surface area contributed by atoms with Crippen LogP contribution in [0.1, 0.15) is 132 Å². The van der Waals surface area contributed by atoms with Gasteiger partial charge in [-0.1, -0.05) is 79.1 Å². The monoisotopic (exact) mass is 896 g/mol. The van der Waals surface area contributed by atoms with E-state index in [9.17, 15) is 40.2 Å². The van der Waals surface area contributed by atoms with E-state index in [0.29, 0.717) is 49.4 Å². The van der Waals surface area contributed by atoms with Gasteiger partial charge in [0.25, 0.3) is 0 Å². The molecule has 3 rings (SSSR count). The minimum absolute atomic E-state index is 0.0912. The minimum Gasteiger partial charge on any atom is -0.493 e. The van der Waals surface area contributed by atoms with Gasteiger partial charge in [0.05, 0.1) is 43.7 Å². The summed E-state index contributed by atoms with van der Waals surface area (Å²) < 4.78 is 51.3. The van der Waals surface area contributed by atoms with E-state index in [0.717, 1.165) is 77.0 Å². The van der Waals surface area contributed by atoms with Gasteiger partial charge in [-0.05, 0) is 56.9 Å². The first kappa shape index (κ1) is 53.6. The predicted molar refractivity (Wildman–Crippen MR) is 230 cm³/mol. The number of ether oxygens (including phenoxy) is 9. The van der Waals surface area contributed by atoms with Gasteiger partial charge in [0, 0.05) is 12.1 Å². The lowest BCUT2D eigenvalue weighted by Crippen LogP contribution is -2.60. The van der Waals surface area contributed by atoms with Gasteiger partial charge in [0.15, 0.2) is 6.29 Å². The Hall–Kier alpha value is -3.78. The highest BCUT2D eigenvalue weighted by molar-refractivity contribution is 5.91. The Kier molecular flexibility index (Phi) is 25.2. The van der Waals surface area contributed by atoms with E-state index in [1.54, 1.807) is 12.1 Å². The summed E-state index contributed by atoms with van der Waals surface area (Å²) in [5.74, 6) is -0.0201. The fraction of sp³-hybridized carbons (Fsp3) is 0.696. The largest absolute Gasteiger partial charge is 0.493 e. The molecule has 0 radical (unpaired) electrons. The second-order valence-electron chi connectivity index (χ2n) is 15.7. The first-order valence-corrected chi connectivity index (χ1v) is 22.5. The molecule has 8 unspecified atom stereocenters. The number of carbonyl (C=O) groups is 2. The molecular formula is C46H72O17. The molecule has 8 atom stereocenters. The number of esters is 2. The van der Waals surface area contributed by atoms with Gasteiger partial charge in [-0.2, -0.15) is 0 Å². The van der Waals surface area contributed by atoms with Crippen molar-refractivity contribution in [3.8, 4) is 23.0 Å². The van der Waals surface area contributed by atoms with Crippen molar-refractivity contribution in [2.24, 2.45) is 0 Å². The van der Waals surface area contributed by atoms with Crippen molar-refractivity contribution in [3.05, 3.63) is 47.5 Å². The molecule has 2 aromatic rings. The number of carbonyl (C=O) groups excluding carboxylic acids is 2. The normalized spacial score (nSPS) is 20.2. The molecule has 358 valence electrons. The summed E-state index contributed by atoms with van der Waals surface area (Å²) >= 11 is 0. The summed E-state index contributed by atoms with van der Waals surface area (Å²) in [6, 6.07) is 9.39. The fourth-order valence-electron chi connectivity index (χ4n) is 6.30. The third-order valence-corrected chi connectivity index (χ3v) is 10.1. The zero-order valence-corrected chi connectivity index (χ0v) is 37.6. The molecule has 0 saturated carbocycles. The molecule has 0 amide bonds. The Morgan fingerprint density at radius 1 is 0.587 bits per heavy atom. The van der Waals surface area contributed by atoms with E-state index in [-0.39, 0.29) is 11.1 Å². The lowest BCUT2D eigenvalue weighted by molar-refractivity contribution is -0.371. The second-order valence-corrected chi connectivity index (χ2v) is 15.7. The van der Waals surface area contributed by atoms with Gasteiger partial charge < -0.3 is 73.3 Å². The average molecular weight is 897 g/mol. The minimum atomic E-state index is -2.41. The molecule has 1 heterocycles. The maximum atomic E-state index is 13.3. The zero-order valence-electron chi connectivity index (χ0n) is 37.6. The van der Waals surface area contributed by atoms with Crippen molar-refractivity contribution in [1.29, 1.82) is 0 Å². The Morgan fingerprint density at radius 3 is 1.38 bits per heavy atom. The number of hydrogen-bond donors (Lipinski definition) is 6. The molecule has 17 nitrogen and oxygen atoms in total. The molecule has 1 fully saturated rings. The van der Waals surface area contributed by atoms with Gasteiger partial charge in [-0.15, -0.1) is 0 Å². The Bertz CT molecular complexity index is 1530. The SMILES string of the molecule is CCCCCOc1cc(OCCCCC)cc(C(=O)OCC(OC(OC2OC(COC(=O)c3cc(OCCCCC)cc(OCCCCC)c3)C(O)C(O)C2O)C(O)O)C(C)O)c1. The fourth-order valence-corrected chi connectivity index (χ4v) is 6.30. The van der Waals surface area contributed by atoms with Crippen LogP contribution in [0.4, 0.5) is 0 Å².